The van der Waals surface area contributed by atoms with Crippen LogP contribution in [0.1, 0.15) is 16.7 Å². The summed E-state index contributed by atoms with van der Waals surface area (Å²) >= 11 is 6.17. The van der Waals surface area contributed by atoms with Crippen molar-refractivity contribution in [1.29, 1.82) is 0 Å². The fourth-order valence-corrected chi connectivity index (χ4v) is 2.45. The fraction of sp³-hybridized carbons (Fsp3) is 0.278. The van der Waals surface area contributed by atoms with E-state index in [1.54, 1.807) is 14.2 Å². The van der Waals surface area contributed by atoms with Crippen LogP contribution in [0.15, 0.2) is 53.5 Å². The van der Waals surface area contributed by atoms with Gasteiger partial charge in [-0.2, -0.15) is 0 Å². The Morgan fingerprint density at radius 1 is 0.957 bits per heavy atom. The van der Waals surface area contributed by atoms with Crippen LogP contribution in [0, 0.1) is 0 Å². The molecule has 2 N–H and O–H groups in total. The molecule has 0 saturated carbocycles. The van der Waals surface area contributed by atoms with Crippen LogP contribution in [0.25, 0.3) is 0 Å². The molecular weight excluding hydrogens is 310 g/mol. The zero-order chi connectivity index (χ0) is 16.5. The van der Waals surface area contributed by atoms with Crippen molar-refractivity contribution in [3.63, 3.8) is 0 Å². The highest BCUT2D eigenvalue weighted by molar-refractivity contribution is 6.31. The minimum absolute atomic E-state index is 0.601. The molecule has 0 atom stereocenters. The van der Waals surface area contributed by atoms with E-state index in [0.717, 1.165) is 16.5 Å². The van der Waals surface area contributed by atoms with Crippen molar-refractivity contribution in [1.82, 2.24) is 10.6 Å². The number of hydrogen-bond acceptors (Lipinski definition) is 2. The van der Waals surface area contributed by atoms with Crippen molar-refractivity contribution in [2.45, 2.75) is 19.7 Å². The predicted octanol–water partition coefficient (Wildman–Crippen LogP) is 3.35. The first-order chi connectivity index (χ1) is 11.2. The normalized spacial score (nSPS) is 11.3. The molecule has 0 aromatic heterocycles. The highest BCUT2D eigenvalue weighted by Gasteiger charge is 2.04. The smallest absolute Gasteiger partial charge is 0.191 e. The van der Waals surface area contributed by atoms with Gasteiger partial charge in [0, 0.05) is 32.3 Å². The topological polar surface area (TPSA) is 45.7 Å². The summed E-state index contributed by atoms with van der Waals surface area (Å²) in [6.07, 6.45) is 0. The Labute approximate surface area is 142 Å². The molecule has 5 heteroatoms. The first-order valence-corrected chi connectivity index (χ1v) is 7.86. The highest BCUT2D eigenvalue weighted by Crippen LogP contribution is 2.14. The Balaban J connectivity index is 1.92. The second-order valence-corrected chi connectivity index (χ2v) is 5.48. The molecule has 4 nitrogen and oxygen atoms in total. The average Bonchev–Trinajstić information content (AvgIpc) is 2.58. The zero-order valence-corrected chi connectivity index (χ0v) is 14.2. The number of benzene rings is 2. The lowest BCUT2D eigenvalue weighted by molar-refractivity contribution is 0.184. The lowest BCUT2D eigenvalue weighted by Gasteiger charge is -2.14. The van der Waals surface area contributed by atoms with Crippen LogP contribution in [0.2, 0.25) is 5.02 Å². The van der Waals surface area contributed by atoms with E-state index >= 15 is 0 Å². The number of hydrogen-bond donors (Lipinski definition) is 2. The Morgan fingerprint density at radius 3 is 2.13 bits per heavy atom. The predicted molar refractivity (Wildman–Crippen MR) is 95.6 cm³/mol. The first kappa shape index (κ1) is 17.3. The summed E-state index contributed by atoms with van der Waals surface area (Å²) in [5.74, 6) is 0.733. The van der Waals surface area contributed by atoms with Crippen molar-refractivity contribution in [2.24, 2.45) is 4.99 Å². The quantitative estimate of drug-likeness (QED) is 0.630. The van der Waals surface area contributed by atoms with E-state index in [0.29, 0.717) is 19.7 Å². The standard InChI is InChI=1S/C18H22ClN3O/c1-20-18(22-12-15-8-5-6-10-17(15)19)21-11-14-7-3-4-9-16(14)13-23-2/h3-10H,11-13H2,1-2H3,(H2,20,21,22). The SMILES string of the molecule is CN=C(NCc1ccccc1Cl)NCc1ccccc1COC. The van der Waals surface area contributed by atoms with Crippen molar-refractivity contribution in [2.75, 3.05) is 14.2 Å². The number of rotatable bonds is 6. The molecule has 122 valence electrons. The van der Waals surface area contributed by atoms with Gasteiger partial charge < -0.3 is 15.4 Å². The Hall–Kier alpha value is -2.04. The maximum atomic E-state index is 6.17. The number of halogens is 1. The number of nitrogens with one attached hydrogen (secondary N) is 2. The largest absolute Gasteiger partial charge is 0.380 e. The Morgan fingerprint density at radius 2 is 1.52 bits per heavy atom. The van der Waals surface area contributed by atoms with Gasteiger partial charge in [-0.05, 0) is 22.8 Å². The second kappa shape index (κ2) is 9.18. The number of guanidine groups is 1. The lowest BCUT2D eigenvalue weighted by atomic mass is 10.1. The van der Waals surface area contributed by atoms with Crippen LogP contribution in [0.3, 0.4) is 0 Å². The molecule has 0 spiro atoms. The maximum absolute atomic E-state index is 6.17. The summed E-state index contributed by atoms with van der Waals surface area (Å²) in [4.78, 5) is 4.24. The molecule has 23 heavy (non-hydrogen) atoms. The van der Waals surface area contributed by atoms with Gasteiger partial charge in [0.1, 0.15) is 0 Å². The van der Waals surface area contributed by atoms with E-state index in [9.17, 15) is 0 Å². The molecule has 0 unspecified atom stereocenters. The van der Waals surface area contributed by atoms with Gasteiger partial charge in [-0.3, -0.25) is 4.99 Å². The van der Waals surface area contributed by atoms with Crippen molar-refractivity contribution >= 4 is 17.6 Å². The molecule has 0 aliphatic carbocycles. The third-order valence-corrected chi connectivity index (χ3v) is 3.86. The van der Waals surface area contributed by atoms with Crippen LogP contribution in [-0.4, -0.2) is 20.1 Å². The minimum atomic E-state index is 0.601. The Bertz CT molecular complexity index is 658. The van der Waals surface area contributed by atoms with Crippen LogP contribution in [0.5, 0.6) is 0 Å². The molecule has 0 aliphatic rings. The monoisotopic (exact) mass is 331 g/mol. The van der Waals surface area contributed by atoms with E-state index in [2.05, 4.69) is 27.8 Å². The average molecular weight is 332 g/mol. The van der Waals surface area contributed by atoms with Gasteiger partial charge in [0.05, 0.1) is 6.61 Å². The Kier molecular flexibility index (Phi) is 6.91. The summed E-state index contributed by atoms with van der Waals surface area (Å²) < 4.78 is 5.23. The summed E-state index contributed by atoms with van der Waals surface area (Å²) in [6, 6.07) is 16.0. The van der Waals surface area contributed by atoms with Gasteiger partial charge in [0.25, 0.3) is 0 Å². The molecular formula is C18H22ClN3O. The minimum Gasteiger partial charge on any atom is -0.380 e. The molecule has 2 rings (SSSR count). The van der Waals surface area contributed by atoms with E-state index in [-0.39, 0.29) is 0 Å². The van der Waals surface area contributed by atoms with Crippen LogP contribution < -0.4 is 10.6 Å². The van der Waals surface area contributed by atoms with Crippen LogP contribution >= 0.6 is 11.6 Å². The van der Waals surface area contributed by atoms with E-state index in [4.69, 9.17) is 16.3 Å². The molecule has 2 aromatic rings. The molecule has 0 amide bonds. The van der Waals surface area contributed by atoms with Gasteiger partial charge in [0.2, 0.25) is 0 Å². The third-order valence-electron chi connectivity index (χ3n) is 3.49. The van der Waals surface area contributed by atoms with Gasteiger partial charge >= 0.3 is 0 Å². The van der Waals surface area contributed by atoms with E-state index < -0.39 is 0 Å². The molecule has 0 saturated heterocycles. The second-order valence-electron chi connectivity index (χ2n) is 5.07. The maximum Gasteiger partial charge on any atom is 0.191 e. The third kappa shape index (κ3) is 5.27. The van der Waals surface area contributed by atoms with E-state index in [1.165, 1.54) is 11.1 Å². The summed E-state index contributed by atoms with van der Waals surface area (Å²) in [5, 5.41) is 7.34. The van der Waals surface area contributed by atoms with Gasteiger partial charge in [-0.25, -0.2) is 0 Å². The van der Waals surface area contributed by atoms with E-state index in [1.807, 2.05) is 36.4 Å². The van der Waals surface area contributed by atoms with Crippen LogP contribution in [0.4, 0.5) is 0 Å². The first-order valence-electron chi connectivity index (χ1n) is 7.48. The summed E-state index contributed by atoms with van der Waals surface area (Å²) in [6.45, 7) is 1.91. The van der Waals surface area contributed by atoms with Gasteiger partial charge in [-0.1, -0.05) is 54.1 Å². The molecule has 2 aromatic carbocycles. The number of aliphatic imine (C=N–C) groups is 1. The number of ether oxygens (including phenoxy) is 1. The molecule has 0 fully saturated rings. The molecule has 0 aliphatic heterocycles. The highest BCUT2D eigenvalue weighted by atomic mass is 35.5. The zero-order valence-electron chi connectivity index (χ0n) is 13.5. The lowest BCUT2D eigenvalue weighted by Crippen LogP contribution is -2.36. The van der Waals surface area contributed by atoms with Crippen molar-refractivity contribution < 1.29 is 4.74 Å². The van der Waals surface area contributed by atoms with Crippen molar-refractivity contribution in [3.8, 4) is 0 Å². The molecule has 0 radical (unpaired) electrons. The molecule has 0 heterocycles. The summed E-state index contributed by atoms with van der Waals surface area (Å²) in [5.41, 5.74) is 3.40. The van der Waals surface area contributed by atoms with Crippen LogP contribution in [-0.2, 0) is 24.4 Å². The molecule has 0 bridgehead atoms. The van der Waals surface area contributed by atoms with Gasteiger partial charge in [-0.15, -0.1) is 0 Å². The van der Waals surface area contributed by atoms with Crippen molar-refractivity contribution in [3.05, 3.63) is 70.2 Å². The number of nitrogens with zero attached hydrogens (tertiary/aromatic N) is 1. The number of methoxy groups -OCH3 is 1. The summed E-state index contributed by atoms with van der Waals surface area (Å²) in [7, 11) is 3.46. The fourth-order valence-electron chi connectivity index (χ4n) is 2.25. The van der Waals surface area contributed by atoms with Gasteiger partial charge in [0.15, 0.2) is 5.96 Å².